The molecule has 0 fully saturated rings. The van der Waals surface area contributed by atoms with Gasteiger partial charge in [-0.2, -0.15) is 0 Å². The second kappa shape index (κ2) is 8.97. The monoisotopic (exact) mass is 590 g/mol. The molecule has 0 aromatic heterocycles. The van der Waals surface area contributed by atoms with Gasteiger partial charge in [0.25, 0.3) is 0 Å². The van der Waals surface area contributed by atoms with Crippen LogP contribution in [0, 0.1) is 0 Å². The van der Waals surface area contributed by atoms with Gasteiger partial charge in [-0.15, -0.1) is 0 Å². The predicted octanol–water partition coefficient (Wildman–Crippen LogP) is 7.10. The minimum atomic E-state index is -8.72. The van der Waals surface area contributed by atoms with Gasteiger partial charge in [0.1, 0.15) is 0 Å². The molecule has 0 aliphatic heterocycles. The van der Waals surface area contributed by atoms with Crippen molar-refractivity contribution in [1.29, 1.82) is 0 Å². The summed E-state index contributed by atoms with van der Waals surface area (Å²) in [4.78, 5) is 0. The molecular formula is C15H5F15Sn. The molecule has 0 atom stereocenters. The van der Waals surface area contributed by atoms with Gasteiger partial charge in [0.15, 0.2) is 0 Å². The zero-order valence-electron chi connectivity index (χ0n) is 14.1. The molecule has 0 bridgehead atoms. The van der Waals surface area contributed by atoms with E-state index in [-0.39, 0.29) is 12.1 Å². The molecule has 0 nitrogen and oxygen atoms in total. The Kier molecular flexibility index (Phi) is 7.88. The molecule has 174 valence electrons. The molecule has 1 rings (SSSR count). The maximum atomic E-state index is 14.6. The Labute approximate surface area is 166 Å². The van der Waals surface area contributed by atoms with Crippen molar-refractivity contribution in [1.82, 2.24) is 0 Å². The molecule has 0 saturated heterocycles. The number of allylic oxidation sites excluding steroid dienone is 3. The number of alkyl halides is 9. The Balaban J connectivity index is 4.47. The number of benzene rings is 1. The van der Waals surface area contributed by atoms with Crippen molar-refractivity contribution in [3.63, 3.8) is 0 Å². The van der Waals surface area contributed by atoms with Crippen LogP contribution in [-0.4, -0.2) is 36.9 Å². The van der Waals surface area contributed by atoms with Crippen molar-refractivity contribution in [3.8, 4) is 0 Å². The van der Waals surface area contributed by atoms with E-state index < -0.39 is 69.5 Å². The van der Waals surface area contributed by atoms with Crippen LogP contribution in [0.4, 0.5) is 65.9 Å². The van der Waals surface area contributed by atoms with Crippen molar-refractivity contribution in [3.05, 3.63) is 59.3 Å². The van der Waals surface area contributed by atoms with Crippen LogP contribution in [-0.2, 0) is 0 Å². The fourth-order valence-corrected chi connectivity index (χ4v) is 12.1. The van der Waals surface area contributed by atoms with E-state index in [1.165, 1.54) is 0 Å². The van der Waals surface area contributed by atoms with Crippen molar-refractivity contribution < 1.29 is 65.9 Å². The summed E-state index contributed by atoms with van der Waals surface area (Å²) in [6, 6.07) is 2.14. The molecule has 0 aliphatic rings. The molecule has 0 spiro atoms. The summed E-state index contributed by atoms with van der Waals surface area (Å²) in [5, 5.41) is 0. The summed E-state index contributed by atoms with van der Waals surface area (Å²) < 4.78 is 184. The first-order chi connectivity index (χ1) is 13.8. The second-order valence-electron chi connectivity index (χ2n) is 5.49. The zero-order valence-corrected chi connectivity index (χ0v) is 16.9. The van der Waals surface area contributed by atoms with Crippen LogP contribution < -0.4 is 3.58 Å². The standard InChI is InChI=1S/C6H5.3C3F5.Sn/c1-2-4-6-5-3-1;3*4-1-2(5)3(6,7)8;/h1-5H;;;;. The molecule has 1 aromatic carbocycles. The molecule has 0 saturated carbocycles. The van der Waals surface area contributed by atoms with Crippen molar-refractivity contribution in [2.75, 3.05) is 0 Å². The Morgan fingerprint density at radius 3 is 0.968 bits per heavy atom. The molecule has 0 radical (unpaired) electrons. The van der Waals surface area contributed by atoms with Crippen LogP contribution in [0.1, 0.15) is 0 Å². The van der Waals surface area contributed by atoms with E-state index in [2.05, 4.69) is 0 Å². The van der Waals surface area contributed by atoms with Gasteiger partial charge in [-0.25, -0.2) is 0 Å². The molecule has 0 aliphatic carbocycles. The van der Waals surface area contributed by atoms with E-state index in [0.717, 1.165) is 6.07 Å². The zero-order chi connectivity index (χ0) is 24.6. The van der Waals surface area contributed by atoms with E-state index >= 15 is 0 Å². The first kappa shape index (κ1) is 27.2. The number of hydrogen-bond donors (Lipinski definition) is 0. The molecule has 0 amide bonds. The van der Waals surface area contributed by atoms with Crippen LogP contribution in [0.3, 0.4) is 0 Å². The topological polar surface area (TPSA) is 0 Å². The van der Waals surface area contributed by atoms with E-state index in [1.54, 1.807) is 0 Å². The van der Waals surface area contributed by atoms with E-state index in [0.29, 0.717) is 12.1 Å². The van der Waals surface area contributed by atoms with Crippen LogP contribution in [0.2, 0.25) is 0 Å². The molecule has 0 unspecified atom stereocenters. The molecule has 1 aromatic rings. The second-order valence-corrected chi connectivity index (χ2v) is 15.2. The third-order valence-corrected chi connectivity index (χ3v) is 14.5. The summed E-state index contributed by atoms with van der Waals surface area (Å²) in [6.45, 7) is 0. The summed E-state index contributed by atoms with van der Waals surface area (Å²) in [5.74, 6) is -12.5. The van der Waals surface area contributed by atoms with Gasteiger partial charge in [0, 0.05) is 0 Å². The van der Waals surface area contributed by atoms with Crippen molar-refractivity contribution in [2.45, 2.75) is 18.5 Å². The Morgan fingerprint density at radius 1 is 0.484 bits per heavy atom. The Hall–Kier alpha value is -1.81. The maximum absolute atomic E-state index is 14.6. The van der Waals surface area contributed by atoms with Crippen molar-refractivity contribution in [2.24, 2.45) is 0 Å². The SMILES string of the molecule is F/C(=[C](/F)[Sn](/[C](F)=C(\F)C(F)(F)F)(/[C](F)=C(\F)C(F)(F)F)[c]1ccccc1)C(F)(F)F. The van der Waals surface area contributed by atoms with Crippen LogP contribution in [0.5, 0.6) is 0 Å². The predicted molar refractivity (Wildman–Crippen MR) is 77.7 cm³/mol. The quantitative estimate of drug-likeness (QED) is 0.260. The van der Waals surface area contributed by atoms with Gasteiger partial charge in [-0.1, -0.05) is 0 Å². The van der Waals surface area contributed by atoms with Crippen LogP contribution in [0.15, 0.2) is 59.3 Å². The van der Waals surface area contributed by atoms with Gasteiger partial charge in [0.05, 0.1) is 0 Å². The molecule has 16 heteroatoms. The van der Waals surface area contributed by atoms with Gasteiger partial charge in [0.2, 0.25) is 0 Å². The van der Waals surface area contributed by atoms with Gasteiger partial charge < -0.3 is 0 Å². The fraction of sp³-hybridized carbons (Fsp3) is 0.200. The first-order valence-corrected chi connectivity index (χ1v) is 13.0. The summed E-state index contributed by atoms with van der Waals surface area (Å²) in [5.41, 5.74) is 0. The number of halogens is 15. The third-order valence-electron chi connectivity index (χ3n) is 3.52. The number of rotatable bonds is 4. The average Bonchev–Trinajstić information content (AvgIpc) is 2.64. The first-order valence-electron chi connectivity index (χ1n) is 7.25. The molecular weight excluding hydrogens is 584 g/mol. The van der Waals surface area contributed by atoms with E-state index in [4.69, 9.17) is 0 Å². The minimum absolute atomic E-state index is 0.103. The molecule has 0 heterocycles. The summed E-state index contributed by atoms with van der Waals surface area (Å²) in [6.07, 6.45) is -19.6. The fourth-order valence-electron chi connectivity index (χ4n) is 2.22. The van der Waals surface area contributed by atoms with Crippen molar-refractivity contribution >= 4 is 22.0 Å². The van der Waals surface area contributed by atoms with Crippen LogP contribution >= 0.6 is 0 Å². The normalized spacial score (nSPS) is 16.5. The Bertz CT molecular complexity index is 811. The van der Waals surface area contributed by atoms with Gasteiger partial charge >= 0.3 is 166 Å². The summed E-state index contributed by atoms with van der Waals surface area (Å²) in [7, 11) is 0. The van der Waals surface area contributed by atoms with Gasteiger partial charge in [-0.05, 0) is 0 Å². The van der Waals surface area contributed by atoms with E-state index in [1.807, 2.05) is 0 Å². The van der Waals surface area contributed by atoms with Crippen LogP contribution in [0.25, 0.3) is 0 Å². The summed E-state index contributed by atoms with van der Waals surface area (Å²) >= 11 is -8.72. The average molecular weight is 589 g/mol. The third kappa shape index (κ3) is 5.34. The Morgan fingerprint density at radius 2 is 0.742 bits per heavy atom. The molecule has 31 heavy (non-hydrogen) atoms. The molecule has 0 N–H and O–H groups in total. The van der Waals surface area contributed by atoms with Gasteiger partial charge in [-0.3, -0.25) is 0 Å². The van der Waals surface area contributed by atoms with E-state index in [9.17, 15) is 65.9 Å². The number of hydrogen-bond acceptors (Lipinski definition) is 0.